The summed E-state index contributed by atoms with van der Waals surface area (Å²) in [6.07, 6.45) is 0. The minimum Gasteiger partial charge on any atom is -0.862 e. The van der Waals surface area contributed by atoms with Gasteiger partial charge in [0.15, 0.2) is 0 Å². The van der Waals surface area contributed by atoms with Crippen molar-refractivity contribution >= 4 is 178 Å². The Morgan fingerprint density at radius 3 is 1.06 bits per heavy atom. The zero-order valence-corrected chi connectivity index (χ0v) is 53.7. The molecule has 0 aliphatic carbocycles. The summed E-state index contributed by atoms with van der Waals surface area (Å²) in [4.78, 5) is 28.4. The quantitative estimate of drug-likeness (QED) is 0.0147. The summed E-state index contributed by atoms with van der Waals surface area (Å²) >= 11 is 12.5. The van der Waals surface area contributed by atoms with Crippen LogP contribution in [0.15, 0.2) is 159 Å². The number of phenolic OH excluding ortho intramolecular Hbond substituents is 2. The molecule has 0 fully saturated rings. The molecule has 0 saturated carbocycles. The minimum absolute atomic E-state index is 0. The first kappa shape index (κ1) is 67.7. The number of benzene rings is 7. The van der Waals surface area contributed by atoms with Gasteiger partial charge in [-0.1, -0.05) is 0 Å². The van der Waals surface area contributed by atoms with Crippen molar-refractivity contribution in [3.63, 3.8) is 0 Å². The van der Waals surface area contributed by atoms with Gasteiger partial charge in [0.2, 0.25) is 34.4 Å². The van der Waals surface area contributed by atoms with Crippen molar-refractivity contribution in [1.82, 2.24) is 29.9 Å². The van der Waals surface area contributed by atoms with Gasteiger partial charge in [-0.15, -0.1) is 10.2 Å². The van der Waals surface area contributed by atoms with E-state index in [1.165, 1.54) is 72.8 Å². The summed E-state index contributed by atoms with van der Waals surface area (Å²) in [6.45, 7) is 2.26. The molecule has 2 aromatic heterocycles. The molecule has 0 aliphatic heterocycles. The Kier molecular flexibility index (Phi) is 20.7. The molecule has 0 aliphatic rings. The van der Waals surface area contributed by atoms with Crippen LogP contribution >= 0.6 is 23.2 Å². The van der Waals surface area contributed by atoms with E-state index in [2.05, 4.69) is 81.6 Å². The molecule has 7 aromatic carbocycles. The molecule has 0 unspecified atom stereocenters. The van der Waals surface area contributed by atoms with Crippen LogP contribution in [0.25, 0.3) is 21.5 Å². The number of hydrogen-bond acceptors (Lipinski definition) is 28. The van der Waals surface area contributed by atoms with E-state index >= 15 is 0 Å². The summed E-state index contributed by atoms with van der Waals surface area (Å²) in [7, 11) is -20.1. The van der Waals surface area contributed by atoms with Gasteiger partial charge in [0.1, 0.15) is 53.8 Å². The van der Waals surface area contributed by atoms with Gasteiger partial charge in [0.05, 0.1) is 22.7 Å². The molecule has 10 N–H and O–H groups in total. The summed E-state index contributed by atoms with van der Waals surface area (Å²) in [6, 6.07) is 22.2. The van der Waals surface area contributed by atoms with E-state index in [1.807, 2.05) is 0 Å². The molecule has 0 saturated heterocycles. The van der Waals surface area contributed by atoms with Gasteiger partial charge in [0.25, 0.3) is 40.5 Å². The van der Waals surface area contributed by atoms with Crippen molar-refractivity contribution in [3.05, 3.63) is 120 Å². The number of azo groups is 2. The number of fused-ring (bicyclic) bond motifs is 2. The molecule has 0 radical (unpaired) electrons. The number of halogens is 2. The predicted molar refractivity (Wildman–Crippen MR) is 307 cm³/mol. The molecule has 9 aromatic rings. The fraction of sp³-hybridized carbons (Fsp3) is 0.0417. The number of aromatic nitrogens is 6. The molecular formula is C48H34Cl2N16Na2O16S4. The topological polar surface area (TPSA) is 504 Å². The molecule has 88 heavy (non-hydrogen) atoms. The van der Waals surface area contributed by atoms with E-state index in [0.717, 1.165) is 50.2 Å². The number of aromatic hydroxyl groups is 2. The normalized spacial score (nSPS) is 12.5. The van der Waals surface area contributed by atoms with E-state index < -0.39 is 117 Å². The van der Waals surface area contributed by atoms with E-state index in [4.69, 9.17) is 23.2 Å². The number of phenols is 2. The predicted octanol–water partition coefficient (Wildman–Crippen LogP) is 2.70. The molecule has 32 nitrogen and oxygen atoms in total. The number of hydrogen-bond donors (Lipinski definition) is 10. The first-order valence-corrected chi connectivity index (χ1v) is 29.9. The first-order valence-electron chi connectivity index (χ1n) is 23.4. The number of anilines is 8. The fourth-order valence-electron chi connectivity index (χ4n) is 7.83. The molecule has 0 bridgehead atoms. The maximum Gasteiger partial charge on any atom is 1.00 e. The average molecular weight is 1340 g/mol. The maximum atomic E-state index is 12.8. The van der Waals surface area contributed by atoms with Gasteiger partial charge in [0, 0.05) is 22.1 Å². The first-order chi connectivity index (χ1) is 40.3. The monoisotopic (exact) mass is 1330 g/mol. The van der Waals surface area contributed by atoms with Crippen LogP contribution in [-0.4, -0.2) is 104 Å². The van der Waals surface area contributed by atoms with Gasteiger partial charge in [-0.3, -0.25) is 28.2 Å². The van der Waals surface area contributed by atoms with Gasteiger partial charge in [-0.2, -0.15) is 73.8 Å². The molecule has 2 heterocycles. The van der Waals surface area contributed by atoms with E-state index in [-0.39, 0.29) is 127 Å². The van der Waals surface area contributed by atoms with Crippen LogP contribution in [0, 0.1) is 0 Å². The maximum absolute atomic E-state index is 12.8. The second-order valence-corrected chi connectivity index (χ2v) is 23.7. The summed E-state index contributed by atoms with van der Waals surface area (Å²) in [5.74, 6) is -4.04. The van der Waals surface area contributed by atoms with Gasteiger partial charge in [-0.25, -0.2) is 0 Å². The summed E-state index contributed by atoms with van der Waals surface area (Å²) in [5.41, 5.74) is -1.48. The Morgan fingerprint density at radius 2 is 0.739 bits per heavy atom. The van der Waals surface area contributed by atoms with Gasteiger partial charge in [-0.05, 0) is 169 Å². The zero-order valence-electron chi connectivity index (χ0n) is 44.9. The van der Waals surface area contributed by atoms with Crippen molar-refractivity contribution in [2.75, 3.05) is 21.3 Å². The number of aliphatic imine (C=N–C) groups is 2. The van der Waals surface area contributed by atoms with Crippen LogP contribution in [0.3, 0.4) is 0 Å². The molecule has 0 spiro atoms. The van der Waals surface area contributed by atoms with Crippen LogP contribution in [-0.2, 0) is 40.5 Å². The Balaban J connectivity index is 0.00000552. The second-order valence-electron chi connectivity index (χ2n) is 17.5. The van der Waals surface area contributed by atoms with Gasteiger partial charge < -0.3 is 41.7 Å². The summed E-state index contributed by atoms with van der Waals surface area (Å²) < 4.78 is 140. The Bertz CT molecular complexity index is 4600. The molecule has 442 valence electrons. The van der Waals surface area contributed by atoms with Crippen molar-refractivity contribution < 1.29 is 131 Å². The molecule has 0 atom stereocenters. The third kappa shape index (κ3) is 16.5. The van der Waals surface area contributed by atoms with Crippen molar-refractivity contribution in [2.24, 2.45) is 30.4 Å². The fourth-order valence-corrected chi connectivity index (χ4v) is 10.8. The smallest absolute Gasteiger partial charge is 0.862 e. The SMILES string of the molecule is CC([O-])=Nc1ccc(N=Nc2ccc3c(O)c(Nc4nc(Cl)nc(Nc5ccc(Nc6nc(Cl)nc(Nc7c(S(=O)(=O)O)cc8cc(N=Nc9ccc(N=C(C)[O-])cc9S(=O)(=O)O)ccc8c7O)n6)cc5)n4)c(S(=O)(=O)O)cc3c2)c(S(=O)(=O)O)c1.[Na+].[Na+]. The minimum atomic E-state index is -5.14. The molecular weight excluding hydrogens is 1300 g/mol. The van der Waals surface area contributed by atoms with Gasteiger partial charge >= 0.3 is 59.1 Å². The van der Waals surface area contributed by atoms with Crippen LogP contribution in [0.5, 0.6) is 11.5 Å². The Morgan fingerprint density at radius 1 is 0.420 bits per heavy atom. The summed E-state index contributed by atoms with van der Waals surface area (Å²) in [5, 5.41) is 71.3. The van der Waals surface area contributed by atoms with Crippen LogP contribution < -0.4 is 90.6 Å². The van der Waals surface area contributed by atoms with Crippen LogP contribution in [0.2, 0.25) is 10.6 Å². The number of rotatable bonds is 18. The van der Waals surface area contributed by atoms with Crippen molar-refractivity contribution in [1.29, 1.82) is 0 Å². The number of nitrogens with one attached hydrogen (secondary N) is 4. The zero-order chi connectivity index (χ0) is 62.2. The molecule has 40 heteroatoms. The Hall–Kier alpha value is -7.76. The largest absolute Gasteiger partial charge is 1.00 e. The Labute approximate surface area is 550 Å². The van der Waals surface area contributed by atoms with Crippen molar-refractivity contribution in [3.8, 4) is 11.5 Å². The average Bonchev–Trinajstić information content (AvgIpc) is 1.28. The molecule has 9 rings (SSSR count). The standard InChI is InChI=1S/C48H36Cl2N16O16S4.2Na/c1-21(67)51-27-9-13-33(35(19-27)83(71,72)73)65-63-29-7-11-31-23(15-29)17-37(85(77,78)79)39(41(31)69)55-47-59-43(49)57-45(61-47)53-25-3-5-26(6-4-25)54-46-58-44(50)60-48(62-46)56-40-38(86(80,81)82)18-24-16-30(8-12-32(24)42(40)70)64-66-34-14-10-28(52-22(2)68)20-36(34)84(74,75)76;;/h3-20,69-70H,1-2H3,(H,51,67)(H,52,68)(H,71,72,73)(H,74,75,76)(H,77,78,79)(H,80,81,82)(H2,53,55,57,59,61)(H2,54,56,58,60,62);;/q;2*+1/p-2. The molecule has 0 amide bonds. The van der Waals surface area contributed by atoms with Crippen LogP contribution in [0.4, 0.5) is 80.7 Å². The third-order valence-electron chi connectivity index (χ3n) is 11.3. The number of nitrogens with zero attached hydrogens (tertiary/aromatic N) is 12. The third-order valence-corrected chi connectivity index (χ3v) is 15.2. The van der Waals surface area contributed by atoms with E-state index in [0.29, 0.717) is 11.4 Å². The van der Waals surface area contributed by atoms with Crippen molar-refractivity contribution in [2.45, 2.75) is 33.4 Å². The second kappa shape index (κ2) is 26.9. The van der Waals surface area contributed by atoms with E-state index in [1.54, 1.807) is 0 Å². The van der Waals surface area contributed by atoms with Crippen LogP contribution in [0.1, 0.15) is 13.8 Å². The van der Waals surface area contributed by atoms with E-state index in [9.17, 15) is 72.3 Å².